The first-order valence-corrected chi connectivity index (χ1v) is 12.2. The zero-order valence-electron chi connectivity index (χ0n) is 18.7. The highest BCUT2D eigenvalue weighted by atomic mass is 35.5. The number of thiazole rings is 1. The van der Waals surface area contributed by atoms with Crippen LogP contribution in [0.3, 0.4) is 0 Å². The van der Waals surface area contributed by atoms with Crippen LogP contribution in [-0.4, -0.2) is 33.6 Å². The monoisotopic (exact) mass is 501 g/mol. The van der Waals surface area contributed by atoms with E-state index >= 15 is 0 Å². The second-order valence-corrected chi connectivity index (χ2v) is 9.79. The third-order valence-corrected chi connectivity index (χ3v) is 6.99. The minimum absolute atomic E-state index is 0.187. The molecule has 4 aromatic rings. The van der Waals surface area contributed by atoms with Crippen molar-refractivity contribution in [1.29, 1.82) is 0 Å². The fraction of sp³-hybridized carbons (Fsp3) is 0.111. The molecule has 0 saturated heterocycles. The molecular weight excluding hydrogens is 482 g/mol. The third-order valence-electron chi connectivity index (χ3n) is 5.86. The molecule has 174 valence electrons. The molecule has 0 bridgehead atoms. The van der Waals surface area contributed by atoms with Crippen molar-refractivity contribution in [3.8, 4) is 11.3 Å². The summed E-state index contributed by atoms with van der Waals surface area (Å²) in [5, 5.41) is 3.87. The Balaban J connectivity index is 1.45. The summed E-state index contributed by atoms with van der Waals surface area (Å²) in [4.78, 5) is 46.5. The molecule has 0 saturated carbocycles. The largest absolute Gasteiger partial charge is 0.300 e. The van der Waals surface area contributed by atoms with Gasteiger partial charge in [0.1, 0.15) is 6.04 Å². The molecule has 1 N–H and O–H groups in total. The molecule has 0 spiro atoms. The first kappa shape index (κ1) is 23.0. The van der Waals surface area contributed by atoms with Gasteiger partial charge in [0, 0.05) is 21.9 Å². The molecule has 1 atom stereocenters. The van der Waals surface area contributed by atoms with E-state index in [0.29, 0.717) is 21.3 Å². The summed E-state index contributed by atoms with van der Waals surface area (Å²) >= 11 is 7.33. The number of nitrogens with zero attached hydrogens (tertiary/aromatic N) is 2. The molecule has 3 aromatic carbocycles. The lowest BCUT2D eigenvalue weighted by Crippen LogP contribution is -2.48. The molecule has 0 aliphatic carbocycles. The van der Waals surface area contributed by atoms with Gasteiger partial charge in [-0.05, 0) is 36.8 Å². The summed E-state index contributed by atoms with van der Waals surface area (Å²) in [5.74, 6) is -1.42. The van der Waals surface area contributed by atoms with Crippen molar-refractivity contribution in [3.05, 3.63) is 105 Å². The van der Waals surface area contributed by atoms with Crippen LogP contribution in [-0.2, 0) is 11.2 Å². The molecule has 1 unspecified atom stereocenters. The Hall–Kier alpha value is -3.81. The van der Waals surface area contributed by atoms with Gasteiger partial charge in [-0.3, -0.25) is 19.3 Å². The van der Waals surface area contributed by atoms with Crippen LogP contribution in [0.2, 0.25) is 5.02 Å². The molecule has 3 amide bonds. The Morgan fingerprint density at radius 3 is 2.17 bits per heavy atom. The molecular formula is C27H20ClN3O3S. The fourth-order valence-corrected chi connectivity index (χ4v) is 5.11. The van der Waals surface area contributed by atoms with Gasteiger partial charge in [0.15, 0.2) is 5.13 Å². The summed E-state index contributed by atoms with van der Waals surface area (Å²) in [6.07, 6.45) is 0.187. The number of fused-ring (bicyclic) bond motifs is 1. The average Bonchev–Trinajstić information content (AvgIpc) is 3.35. The van der Waals surface area contributed by atoms with Gasteiger partial charge in [-0.2, -0.15) is 0 Å². The van der Waals surface area contributed by atoms with E-state index in [1.54, 1.807) is 36.4 Å². The van der Waals surface area contributed by atoms with Crippen molar-refractivity contribution >= 4 is 45.8 Å². The molecule has 2 heterocycles. The highest BCUT2D eigenvalue weighted by molar-refractivity contribution is 7.16. The van der Waals surface area contributed by atoms with Crippen LogP contribution in [0.15, 0.2) is 78.9 Å². The van der Waals surface area contributed by atoms with Gasteiger partial charge in [-0.25, -0.2) is 4.98 Å². The van der Waals surface area contributed by atoms with Gasteiger partial charge in [0.05, 0.1) is 16.8 Å². The lowest BCUT2D eigenvalue weighted by molar-refractivity contribution is -0.119. The van der Waals surface area contributed by atoms with Crippen LogP contribution in [0.4, 0.5) is 5.13 Å². The van der Waals surface area contributed by atoms with Crippen LogP contribution >= 0.6 is 22.9 Å². The van der Waals surface area contributed by atoms with E-state index < -0.39 is 23.8 Å². The van der Waals surface area contributed by atoms with E-state index in [9.17, 15) is 14.4 Å². The summed E-state index contributed by atoms with van der Waals surface area (Å²) in [5.41, 5.74) is 3.06. The van der Waals surface area contributed by atoms with E-state index in [1.165, 1.54) is 11.3 Å². The standard InChI is InChI=1S/C27H20ClN3O3S/c1-16-23(18-11-13-19(28)14-12-18)29-27(35-16)30-24(32)22(15-17-7-3-2-4-8-17)31-25(33)20-9-5-6-10-21(20)26(31)34/h2-14,22H,15H2,1H3,(H,29,30,32). The number of carbonyl (C=O) groups excluding carboxylic acids is 3. The molecule has 1 aliphatic heterocycles. The Morgan fingerprint density at radius 1 is 0.943 bits per heavy atom. The number of benzene rings is 3. The number of hydrogen-bond acceptors (Lipinski definition) is 5. The highest BCUT2D eigenvalue weighted by Crippen LogP contribution is 2.32. The van der Waals surface area contributed by atoms with E-state index in [2.05, 4.69) is 10.3 Å². The number of amides is 3. The second-order valence-electron chi connectivity index (χ2n) is 8.15. The van der Waals surface area contributed by atoms with Crippen LogP contribution < -0.4 is 5.32 Å². The number of rotatable bonds is 6. The fourth-order valence-electron chi connectivity index (χ4n) is 4.14. The molecule has 5 rings (SSSR count). The summed E-state index contributed by atoms with van der Waals surface area (Å²) < 4.78 is 0. The molecule has 0 radical (unpaired) electrons. The minimum Gasteiger partial charge on any atom is -0.300 e. The molecule has 6 nitrogen and oxygen atoms in total. The van der Waals surface area contributed by atoms with E-state index in [0.717, 1.165) is 26.6 Å². The number of aromatic nitrogens is 1. The predicted octanol–water partition coefficient (Wildman–Crippen LogP) is 5.62. The molecule has 1 aromatic heterocycles. The smallest absolute Gasteiger partial charge is 0.262 e. The van der Waals surface area contributed by atoms with Gasteiger partial charge in [0.25, 0.3) is 11.8 Å². The number of carbonyl (C=O) groups is 3. The first-order valence-electron chi connectivity index (χ1n) is 11.0. The van der Waals surface area contributed by atoms with Crippen LogP contribution in [0.5, 0.6) is 0 Å². The Morgan fingerprint density at radius 2 is 1.54 bits per heavy atom. The van der Waals surface area contributed by atoms with Crippen molar-refractivity contribution in [3.63, 3.8) is 0 Å². The van der Waals surface area contributed by atoms with E-state index in [-0.39, 0.29) is 6.42 Å². The number of nitrogens with one attached hydrogen (secondary N) is 1. The van der Waals surface area contributed by atoms with Crippen LogP contribution in [0.1, 0.15) is 31.2 Å². The van der Waals surface area contributed by atoms with Gasteiger partial charge in [0.2, 0.25) is 5.91 Å². The summed E-state index contributed by atoms with van der Waals surface area (Å²) in [6, 6.07) is 22.2. The van der Waals surface area contributed by atoms with Crippen molar-refractivity contribution < 1.29 is 14.4 Å². The van der Waals surface area contributed by atoms with Crippen LogP contribution in [0.25, 0.3) is 11.3 Å². The van der Waals surface area contributed by atoms with Crippen LogP contribution in [0, 0.1) is 6.92 Å². The van der Waals surface area contributed by atoms with E-state index in [1.807, 2.05) is 49.4 Å². The third kappa shape index (κ3) is 4.48. The topological polar surface area (TPSA) is 79.4 Å². The van der Waals surface area contributed by atoms with Crippen molar-refractivity contribution in [2.75, 3.05) is 5.32 Å². The van der Waals surface area contributed by atoms with Gasteiger partial charge in [-0.15, -0.1) is 11.3 Å². The average molecular weight is 502 g/mol. The second kappa shape index (κ2) is 9.44. The summed E-state index contributed by atoms with van der Waals surface area (Å²) in [6.45, 7) is 1.92. The Bertz CT molecular complexity index is 1400. The Kier molecular flexibility index (Phi) is 6.19. The van der Waals surface area contributed by atoms with Crippen molar-refractivity contribution in [2.24, 2.45) is 0 Å². The zero-order valence-corrected chi connectivity index (χ0v) is 20.3. The van der Waals surface area contributed by atoms with Gasteiger partial charge < -0.3 is 5.32 Å². The van der Waals surface area contributed by atoms with Gasteiger partial charge >= 0.3 is 0 Å². The summed E-state index contributed by atoms with van der Waals surface area (Å²) in [7, 11) is 0. The maximum absolute atomic E-state index is 13.5. The lowest BCUT2D eigenvalue weighted by atomic mass is 10.0. The maximum Gasteiger partial charge on any atom is 0.262 e. The van der Waals surface area contributed by atoms with Gasteiger partial charge in [-0.1, -0.05) is 66.2 Å². The lowest BCUT2D eigenvalue weighted by Gasteiger charge is -2.25. The molecule has 8 heteroatoms. The molecule has 35 heavy (non-hydrogen) atoms. The van der Waals surface area contributed by atoms with Crippen molar-refractivity contribution in [2.45, 2.75) is 19.4 Å². The number of imide groups is 1. The number of aryl methyl sites for hydroxylation is 1. The quantitative estimate of drug-likeness (QED) is 0.348. The number of halogens is 1. The van der Waals surface area contributed by atoms with Crippen molar-refractivity contribution in [1.82, 2.24) is 9.88 Å². The zero-order chi connectivity index (χ0) is 24.5. The molecule has 1 aliphatic rings. The SMILES string of the molecule is Cc1sc(NC(=O)C(Cc2ccccc2)N2C(=O)c3ccccc3C2=O)nc1-c1ccc(Cl)cc1. The normalized spacial score (nSPS) is 13.6. The van der Waals surface area contributed by atoms with E-state index in [4.69, 9.17) is 11.6 Å². The maximum atomic E-state index is 13.5. The number of hydrogen-bond donors (Lipinski definition) is 1. The Labute approximate surface area is 211 Å². The highest BCUT2D eigenvalue weighted by Gasteiger charge is 2.42. The number of anilines is 1. The first-order chi connectivity index (χ1) is 16.9. The minimum atomic E-state index is -1.03. The predicted molar refractivity (Wildman–Crippen MR) is 137 cm³/mol. The molecule has 0 fully saturated rings.